The molecular weight excluding hydrogens is 282 g/mol. The predicted octanol–water partition coefficient (Wildman–Crippen LogP) is 4.46. The van der Waals surface area contributed by atoms with Crippen molar-refractivity contribution in [2.75, 3.05) is 7.05 Å². The van der Waals surface area contributed by atoms with Crippen LogP contribution in [-0.2, 0) is 6.18 Å². The third kappa shape index (κ3) is 3.24. The number of nitrogens with one attached hydrogen (secondary N) is 1. The van der Waals surface area contributed by atoms with Crippen molar-refractivity contribution < 1.29 is 17.6 Å². The van der Waals surface area contributed by atoms with Gasteiger partial charge in [0.25, 0.3) is 0 Å². The number of hydrogen-bond donors (Lipinski definition) is 1. The lowest BCUT2D eigenvalue weighted by molar-refractivity contribution is -0.138. The summed E-state index contributed by atoms with van der Waals surface area (Å²) in [6, 6.07) is 8.73. The summed E-state index contributed by atoms with van der Waals surface area (Å²) in [5.41, 5.74) is 0.594. The lowest BCUT2D eigenvalue weighted by atomic mass is 9.91. The van der Waals surface area contributed by atoms with Gasteiger partial charge in [-0.3, -0.25) is 0 Å². The monoisotopic (exact) mass is 297 g/mol. The molecule has 112 valence electrons. The van der Waals surface area contributed by atoms with Crippen molar-refractivity contribution in [1.82, 2.24) is 5.32 Å². The van der Waals surface area contributed by atoms with E-state index in [4.69, 9.17) is 0 Å². The van der Waals surface area contributed by atoms with E-state index in [1.165, 1.54) is 24.3 Å². The molecule has 1 atom stereocenters. The number of benzene rings is 2. The van der Waals surface area contributed by atoms with E-state index >= 15 is 0 Å². The lowest BCUT2D eigenvalue weighted by Crippen LogP contribution is -2.22. The van der Waals surface area contributed by atoms with Gasteiger partial charge >= 0.3 is 6.18 Å². The molecule has 1 N–H and O–H groups in total. The van der Waals surface area contributed by atoms with Crippen molar-refractivity contribution in [2.45, 2.75) is 19.1 Å². The minimum absolute atomic E-state index is 0.0844. The Balaban J connectivity index is 2.60. The molecule has 0 aromatic heterocycles. The molecule has 0 bridgehead atoms. The van der Waals surface area contributed by atoms with Crippen LogP contribution in [0.4, 0.5) is 17.6 Å². The molecule has 0 aliphatic rings. The normalized spacial score (nSPS) is 13.2. The molecule has 0 saturated heterocycles. The van der Waals surface area contributed by atoms with Crippen LogP contribution in [0.15, 0.2) is 42.5 Å². The van der Waals surface area contributed by atoms with Gasteiger partial charge in [0.1, 0.15) is 5.82 Å². The number of hydrogen-bond acceptors (Lipinski definition) is 1. The standard InChI is InChI=1S/C16H15F4N/c1-10-7-8-11(17)9-13(10)15(21-2)12-5-3-4-6-14(12)16(18,19)20/h3-9,15,21H,1-2H3. The van der Waals surface area contributed by atoms with Gasteiger partial charge in [0.2, 0.25) is 0 Å². The highest BCUT2D eigenvalue weighted by atomic mass is 19.4. The van der Waals surface area contributed by atoms with E-state index in [2.05, 4.69) is 5.32 Å². The van der Waals surface area contributed by atoms with Gasteiger partial charge in [0, 0.05) is 0 Å². The second kappa shape index (κ2) is 5.85. The second-order valence-corrected chi connectivity index (χ2v) is 4.81. The van der Waals surface area contributed by atoms with E-state index < -0.39 is 23.6 Å². The molecule has 1 unspecified atom stereocenters. The SMILES string of the molecule is CNC(c1cc(F)ccc1C)c1ccccc1C(F)(F)F. The Labute approximate surface area is 120 Å². The summed E-state index contributed by atoms with van der Waals surface area (Å²) in [6.07, 6.45) is -4.45. The third-order valence-electron chi connectivity index (χ3n) is 3.42. The maximum absolute atomic E-state index is 13.4. The maximum atomic E-state index is 13.4. The van der Waals surface area contributed by atoms with Crippen molar-refractivity contribution in [3.63, 3.8) is 0 Å². The van der Waals surface area contributed by atoms with Crippen molar-refractivity contribution in [2.24, 2.45) is 0 Å². The molecule has 0 fully saturated rings. The summed E-state index contributed by atoms with van der Waals surface area (Å²) in [7, 11) is 1.56. The van der Waals surface area contributed by atoms with Crippen molar-refractivity contribution in [3.8, 4) is 0 Å². The fourth-order valence-corrected chi connectivity index (χ4v) is 2.41. The second-order valence-electron chi connectivity index (χ2n) is 4.81. The Morgan fingerprint density at radius 1 is 1.00 bits per heavy atom. The molecule has 0 aliphatic carbocycles. The number of alkyl halides is 3. The Morgan fingerprint density at radius 3 is 2.29 bits per heavy atom. The van der Waals surface area contributed by atoms with Gasteiger partial charge in [0.15, 0.2) is 0 Å². The topological polar surface area (TPSA) is 12.0 Å². The first kappa shape index (κ1) is 15.5. The van der Waals surface area contributed by atoms with E-state index in [0.29, 0.717) is 5.56 Å². The zero-order valence-corrected chi connectivity index (χ0v) is 11.6. The molecule has 2 aromatic rings. The Kier molecular flexibility index (Phi) is 4.32. The Bertz CT molecular complexity index is 634. The van der Waals surface area contributed by atoms with Crippen molar-refractivity contribution >= 4 is 0 Å². The van der Waals surface area contributed by atoms with Gasteiger partial charge in [-0.1, -0.05) is 24.3 Å². The summed E-state index contributed by atoms with van der Waals surface area (Å²) < 4.78 is 52.9. The molecule has 2 aromatic carbocycles. The number of halogens is 4. The van der Waals surface area contributed by atoms with Gasteiger partial charge < -0.3 is 5.32 Å². The molecule has 2 rings (SSSR count). The van der Waals surface area contributed by atoms with Crippen LogP contribution in [0.3, 0.4) is 0 Å². The van der Waals surface area contributed by atoms with Gasteiger partial charge in [0.05, 0.1) is 11.6 Å². The summed E-state index contributed by atoms with van der Waals surface area (Å²) in [4.78, 5) is 0. The molecular formula is C16H15F4N. The molecule has 0 saturated carbocycles. The highest BCUT2D eigenvalue weighted by Crippen LogP contribution is 2.37. The zero-order valence-electron chi connectivity index (χ0n) is 11.6. The Morgan fingerprint density at radius 2 is 1.67 bits per heavy atom. The third-order valence-corrected chi connectivity index (χ3v) is 3.42. The molecule has 0 aliphatic heterocycles. The van der Waals surface area contributed by atoms with Crippen LogP contribution in [0, 0.1) is 12.7 Å². The minimum Gasteiger partial charge on any atom is -0.309 e. The van der Waals surface area contributed by atoms with Crippen LogP contribution < -0.4 is 5.32 Å². The summed E-state index contributed by atoms with van der Waals surface area (Å²) in [5, 5.41) is 2.85. The largest absolute Gasteiger partial charge is 0.416 e. The number of rotatable bonds is 3. The fourth-order valence-electron chi connectivity index (χ4n) is 2.41. The fraction of sp³-hybridized carbons (Fsp3) is 0.250. The average Bonchev–Trinajstić information content (AvgIpc) is 2.43. The van der Waals surface area contributed by atoms with Gasteiger partial charge in [-0.15, -0.1) is 0 Å². The van der Waals surface area contributed by atoms with E-state index in [1.807, 2.05) is 0 Å². The zero-order chi connectivity index (χ0) is 15.6. The molecule has 1 nitrogen and oxygen atoms in total. The van der Waals surface area contributed by atoms with Crippen LogP contribution in [0.25, 0.3) is 0 Å². The first-order valence-corrected chi connectivity index (χ1v) is 6.44. The molecule has 0 spiro atoms. The number of aryl methyl sites for hydroxylation is 1. The molecule has 0 amide bonds. The first-order chi connectivity index (χ1) is 9.84. The molecule has 0 heterocycles. The molecule has 21 heavy (non-hydrogen) atoms. The van der Waals surface area contributed by atoms with Crippen LogP contribution in [0.5, 0.6) is 0 Å². The van der Waals surface area contributed by atoms with Crippen LogP contribution in [0.2, 0.25) is 0 Å². The van der Waals surface area contributed by atoms with E-state index in [0.717, 1.165) is 11.6 Å². The van der Waals surface area contributed by atoms with E-state index in [-0.39, 0.29) is 5.56 Å². The minimum atomic E-state index is -4.45. The van der Waals surface area contributed by atoms with Gasteiger partial charge in [-0.05, 0) is 48.9 Å². The van der Waals surface area contributed by atoms with Crippen molar-refractivity contribution in [1.29, 1.82) is 0 Å². The van der Waals surface area contributed by atoms with E-state index in [9.17, 15) is 17.6 Å². The summed E-state index contributed by atoms with van der Waals surface area (Å²) >= 11 is 0. The first-order valence-electron chi connectivity index (χ1n) is 6.44. The summed E-state index contributed by atoms with van der Waals surface area (Å²) in [5.74, 6) is -0.472. The van der Waals surface area contributed by atoms with Gasteiger partial charge in [-0.25, -0.2) is 4.39 Å². The Hall–Kier alpha value is -1.88. The highest BCUT2D eigenvalue weighted by Gasteiger charge is 2.35. The van der Waals surface area contributed by atoms with Crippen molar-refractivity contribution in [3.05, 3.63) is 70.5 Å². The van der Waals surface area contributed by atoms with Crippen LogP contribution in [-0.4, -0.2) is 7.05 Å². The van der Waals surface area contributed by atoms with Gasteiger partial charge in [-0.2, -0.15) is 13.2 Å². The molecule has 5 heteroatoms. The quantitative estimate of drug-likeness (QED) is 0.825. The highest BCUT2D eigenvalue weighted by molar-refractivity contribution is 5.41. The van der Waals surface area contributed by atoms with E-state index in [1.54, 1.807) is 26.1 Å². The molecule has 0 radical (unpaired) electrons. The lowest BCUT2D eigenvalue weighted by Gasteiger charge is -2.23. The maximum Gasteiger partial charge on any atom is 0.416 e. The van der Waals surface area contributed by atoms with Crippen LogP contribution >= 0.6 is 0 Å². The predicted molar refractivity (Wildman–Crippen MR) is 73.5 cm³/mol. The average molecular weight is 297 g/mol. The summed E-state index contributed by atoms with van der Waals surface area (Å²) in [6.45, 7) is 1.75. The smallest absolute Gasteiger partial charge is 0.309 e. The van der Waals surface area contributed by atoms with Crippen LogP contribution in [0.1, 0.15) is 28.3 Å².